The number of pyridine rings is 1. The number of aromatic nitrogens is 1. The number of carbonyl (C=O) groups is 2. The van der Waals surface area contributed by atoms with Crippen LogP contribution in [0.25, 0.3) is 0 Å². The molecule has 0 radical (unpaired) electrons. The van der Waals surface area contributed by atoms with Crippen LogP contribution >= 0.6 is 11.6 Å². The van der Waals surface area contributed by atoms with Gasteiger partial charge >= 0.3 is 0 Å². The zero-order valence-corrected chi connectivity index (χ0v) is 17.6. The second-order valence-electron chi connectivity index (χ2n) is 8.13. The van der Waals surface area contributed by atoms with Crippen LogP contribution in [0.3, 0.4) is 0 Å². The van der Waals surface area contributed by atoms with Crippen LogP contribution in [0.5, 0.6) is 0 Å². The third kappa shape index (κ3) is 5.51. The highest BCUT2D eigenvalue weighted by Gasteiger charge is 2.31. The van der Waals surface area contributed by atoms with Crippen LogP contribution in [0.4, 0.5) is 5.82 Å². The van der Waals surface area contributed by atoms with Crippen molar-refractivity contribution in [2.45, 2.75) is 44.2 Å². The molecule has 158 valence electrons. The van der Waals surface area contributed by atoms with Gasteiger partial charge in [0.25, 0.3) is 0 Å². The van der Waals surface area contributed by atoms with Gasteiger partial charge in [0.05, 0.1) is 5.02 Å². The topological polar surface area (TPSA) is 74.3 Å². The number of benzene rings is 1. The second kappa shape index (κ2) is 9.47. The van der Waals surface area contributed by atoms with Gasteiger partial charge in [0, 0.05) is 37.7 Å². The van der Waals surface area contributed by atoms with Crippen LogP contribution in [0.15, 0.2) is 48.7 Å². The maximum Gasteiger partial charge on any atom is 0.243 e. The van der Waals surface area contributed by atoms with Crippen LogP contribution in [0.1, 0.15) is 31.2 Å². The van der Waals surface area contributed by atoms with Crippen molar-refractivity contribution in [3.8, 4) is 0 Å². The van der Waals surface area contributed by atoms with E-state index >= 15 is 0 Å². The molecule has 30 heavy (non-hydrogen) atoms. The second-order valence-corrected chi connectivity index (χ2v) is 8.57. The van der Waals surface area contributed by atoms with Gasteiger partial charge in [-0.05, 0) is 43.4 Å². The standard InChI is InChI=1S/C23H27ClN4O2/c24-18-6-9-21(25-15-18)28-12-10-17(11-13-28)22(29)27-20(23(30)26-19-7-8-19)14-16-4-2-1-3-5-16/h1-6,9,15,17,19-20H,7-8,10-14H2,(H,26,30)(H,27,29). The van der Waals surface area contributed by atoms with Gasteiger partial charge in [-0.1, -0.05) is 41.9 Å². The highest BCUT2D eigenvalue weighted by Crippen LogP contribution is 2.23. The van der Waals surface area contributed by atoms with Gasteiger partial charge in [-0.3, -0.25) is 9.59 Å². The van der Waals surface area contributed by atoms with E-state index in [9.17, 15) is 9.59 Å². The first-order valence-electron chi connectivity index (χ1n) is 10.6. The Morgan fingerprint density at radius 3 is 2.43 bits per heavy atom. The Morgan fingerprint density at radius 2 is 1.80 bits per heavy atom. The summed E-state index contributed by atoms with van der Waals surface area (Å²) in [6.45, 7) is 1.51. The molecule has 6 nitrogen and oxygen atoms in total. The lowest BCUT2D eigenvalue weighted by molar-refractivity contribution is -0.131. The SMILES string of the molecule is O=C(NC(Cc1ccccc1)C(=O)NC1CC1)C1CCN(c2ccc(Cl)cn2)CC1. The Morgan fingerprint density at radius 1 is 1.07 bits per heavy atom. The molecule has 0 spiro atoms. The summed E-state index contributed by atoms with van der Waals surface area (Å²) in [6, 6.07) is 13.3. The van der Waals surface area contributed by atoms with E-state index < -0.39 is 6.04 Å². The first-order valence-corrected chi connectivity index (χ1v) is 11.0. The molecule has 2 fully saturated rings. The van der Waals surface area contributed by atoms with Crippen molar-refractivity contribution >= 4 is 29.2 Å². The molecule has 4 rings (SSSR count). The maximum atomic E-state index is 12.9. The molecule has 2 aliphatic rings. The molecular formula is C23H27ClN4O2. The van der Waals surface area contributed by atoms with Crippen LogP contribution in [-0.2, 0) is 16.0 Å². The number of carbonyl (C=O) groups excluding carboxylic acids is 2. The van der Waals surface area contributed by atoms with Gasteiger partial charge in [0.2, 0.25) is 11.8 Å². The van der Waals surface area contributed by atoms with Crippen molar-refractivity contribution in [2.24, 2.45) is 5.92 Å². The largest absolute Gasteiger partial charge is 0.357 e. The van der Waals surface area contributed by atoms with E-state index in [2.05, 4.69) is 20.5 Å². The van der Waals surface area contributed by atoms with Crippen LogP contribution in [-0.4, -0.2) is 42.0 Å². The van der Waals surface area contributed by atoms with Gasteiger partial charge in [0.1, 0.15) is 11.9 Å². The van der Waals surface area contributed by atoms with Gasteiger partial charge in [-0.25, -0.2) is 4.98 Å². The van der Waals surface area contributed by atoms with E-state index in [4.69, 9.17) is 11.6 Å². The van der Waals surface area contributed by atoms with Crippen molar-refractivity contribution in [1.29, 1.82) is 0 Å². The summed E-state index contributed by atoms with van der Waals surface area (Å²) < 4.78 is 0. The molecule has 7 heteroatoms. The summed E-state index contributed by atoms with van der Waals surface area (Å²) in [5.41, 5.74) is 1.04. The highest BCUT2D eigenvalue weighted by atomic mass is 35.5. The quantitative estimate of drug-likeness (QED) is 0.713. The average Bonchev–Trinajstić information content (AvgIpc) is 3.58. The number of hydrogen-bond donors (Lipinski definition) is 2. The van der Waals surface area contributed by atoms with Gasteiger partial charge < -0.3 is 15.5 Å². The van der Waals surface area contributed by atoms with Gasteiger partial charge in [-0.15, -0.1) is 0 Å². The summed E-state index contributed by atoms with van der Waals surface area (Å²) in [5.74, 6) is 0.660. The van der Waals surface area contributed by atoms with Crippen LogP contribution in [0.2, 0.25) is 5.02 Å². The molecule has 1 aliphatic heterocycles. The summed E-state index contributed by atoms with van der Waals surface area (Å²) in [4.78, 5) is 32.2. The normalized spacial score (nSPS) is 18.0. The fourth-order valence-electron chi connectivity index (χ4n) is 3.80. The molecule has 1 saturated heterocycles. The summed E-state index contributed by atoms with van der Waals surface area (Å²) in [5, 5.41) is 6.68. The zero-order valence-electron chi connectivity index (χ0n) is 16.9. The number of anilines is 1. The molecule has 1 unspecified atom stereocenters. The molecule has 1 aromatic heterocycles. The summed E-state index contributed by atoms with van der Waals surface area (Å²) in [6.07, 6.45) is 5.65. The Balaban J connectivity index is 1.34. The van der Waals surface area contributed by atoms with E-state index in [1.807, 2.05) is 42.5 Å². The van der Waals surface area contributed by atoms with Crippen molar-refractivity contribution in [3.63, 3.8) is 0 Å². The lowest BCUT2D eigenvalue weighted by Crippen LogP contribution is -2.51. The number of nitrogens with zero attached hydrogens (tertiary/aromatic N) is 2. The van der Waals surface area contributed by atoms with E-state index in [0.29, 0.717) is 11.4 Å². The lowest BCUT2D eigenvalue weighted by Gasteiger charge is -2.32. The predicted molar refractivity (Wildman–Crippen MR) is 117 cm³/mol. The minimum Gasteiger partial charge on any atom is -0.357 e. The minimum atomic E-state index is -0.545. The molecule has 1 saturated carbocycles. The van der Waals surface area contributed by atoms with Crippen LogP contribution < -0.4 is 15.5 Å². The average molecular weight is 427 g/mol. The monoisotopic (exact) mass is 426 g/mol. The smallest absolute Gasteiger partial charge is 0.243 e. The zero-order chi connectivity index (χ0) is 20.9. The Hall–Kier alpha value is -2.60. The van der Waals surface area contributed by atoms with Crippen LogP contribution in [0, 0.1) is 5.92 Å². The molecule has 2 amide bonds. The fourth-order valence-corrected chi connectivity index (χ4v) is 3.92. The van der Waals surface area contributed by atoms with E-state index in [0.717, 1.165) is 50.2 Å². The van der Waals surface area contributed by atoms with Gasteiger partial charge in [-0.2, -0.15) is 0 Å². The maximum absolute atomic E-state index is 12.9. The first kappa shape index (κ1) is 20.7. The number of nitrogens with one attached hydrogen (secondary N) is 2. The Kier molecular flexibility index (Phi) is 6.53. The molecule has 1 atom stereocenters. The third-order valence-electron chi connectivity index (χ3n) is 5.74. The number of halogens is 1. The summed E-state index contributed by atoms with van der Waals surface area (Å²) in [7, 11) is 0. The van der Waals surface area contributed by atoms with Crippen molar-refractivity contribution in [3.05, 3.63) is 59.2 Å². The van der Waals surface area contributed by atoms with Crippen molar-refractivity contribution in [1.82, 2.24) is 15.6 Å². The molecule has 1 aliphatic carbocycles. The predicted octanol–water partition coefficient (Wildman–Crippen LogP) is 2.96. The number of rotatable bonds is 7. The Bertz CT molecular complexity index is 863. The molecular weight excluding hydrogens is 400 g/mol. The lowest BCUT2D eigenvalue weighted by atomic mass is 9.95. The molecule has 1 aromatic carbocycles. The highest BCUT2D eigenvalue weighted by molar-refractivity contribution is 6.30. The van der Waals surface area contributed by atoms with Gasteiger partial charge in [0.15, 0.2) is 0 Å². The third-order valence-corrected chi connectivity index (χ3v) is 5.96. The van der Waals surface area contributed by atoms with E-state index in [1.165, 1.54) is 0 Å². The number of piperidine rings is 1. The van der Waals surface area contributed by atoms with Crippen molar-refractivity contribution < 1.29 is 9.59 Å². The minimum absolute atomic E-state index is 0.0365. The first-order chi connectivity index (χ1) is 14.6. The summed E-state index contributed by atoms with van der Waals surface area (Å²) >= 11 is 5.92. The van der Waals surface area contributed by atoms with E-state index in [-0.39, 0.29) is 23.8 Å². The Labute approximate surface area is 182 Å². The van der Waals surface area contributed by atoms with E-state index in [1.54, 1.807) is 6.20 Å². The number of hydrogen-bond acceptors (Lipinski definition) is 4. The molecule has 2 aromatic rings. The molecule has 0 bridgehead atoms. The van der Waals surface area contributed by atoms with Crippen molar-refractivity contribution in [2.75, 3.05) is 18.0 Å². The molecule has 2 heterocycles. The molecule has 2 N–H and O–H groups in total. The fraction of sp³-hybridized carbons (Fsp3) is 0.435. The number of amides is 2.